The number of aliphatic imine (C=N–C) groups is 1. The van der Waals surface area contributed by atoms with E-state index in [1.54, 1.807) is 54.6 Å². The molecule has 0 bridgehead atoms. The van der Waals surface area contributed by atoms with Crippen LogP contribution in [0.25, 0.3) is 0 Å². The average Bonchev–Trinajstić information content (AvgIpc) is 3.82. The highest BCUT2D eigenvalue weighted by Crippen LogP contribution is 2.43. The monoisotopic (exact) mass is 892 g/mol. The lowest BCUT2D eigenvalue weighted by molar-refractivity contribution is -0.126. The van der Waals surface area contributed by atoms with Gasteiger partial charge in [0.05, 0.1) is 68.4 Å². The lowest BCUT2D eigenvalue weighted by Gasteiger charge is -2.22. The number of amides is 5. The number of carbonyl (C=O) groups is 5. The first-order valence-electron chi connectivity index (χ1n) is 21.5. The summed E-state index contributed by atoms with van der Waals surface area (Å²) in [7, 11) is 4.62. The molecule has 0 fully saturated rings. The summed E-state index contributed by atoms with van der Waals surface area (Å²) in [5.41, 5.74) is 7.54. The van der Waals surface area contributed by atoms with Crippen LogP contribution < -0.4 is 55.3 Å². The molecule has 0 spiro atoms. The summed E-state index contributed by atoms with van der Waals surface area (Å²) in [4.78, 5) is 73.7. The van der Waals surface area contributed by atoms with E-state index in [4.69, 9.17) is 23.9 Å². The molecule has 5 aromatic carbocycles. The van der Waals surface area contributed by atoms with Crippen molar-refractivity contribution in [3.8, 4) is 23.0 Å². The van der Waals surface area contributed by atoms with Crippen LogP contribution in [0.2, 0.25) is 0 Å². The number of benzene rings is 5. The highest BCUT2D eigenvalue weighted by molar-refractivity contribution is 6.15. The second-order valence-electron chi connectivity index (χ2n) is 16.2. The highest BCUT2D eigenvalue weighted by atomic mass is 16.5. The minimum atomic E-state index is -0.534. The third-order valence-corrected chi connectivity index (χ3v) is 11.8. The van der Waals surface area contributed by atoms with Crippen LogP contribution in [-0.2, 0) is 40.4 Å². The van der Waals surface area contributed by atoms with Gasteiger partial charge in [0, 0.05) is 48.4 Å². The van der Waals surface area contributed by atoms with Gasteiger partial charge in [-0.05, 0) is 78.2 Å². The molecule has 0 aliphatic carbocycles. The zero-order valence-electron chi connectivity index (χ0n) is 36.6. The van der Waals surface area contributed by atoms with Crippen LogP contribution in [0.1, 0.15) is 43.0 Å². The van der Waals surface area contributed by atoms with Crippen molar-refractivity contribution < 1.29 is 42.9 Å². The number of ether oxygens (including phenoxy) is 4. The molecule has 5 aromatic rings. The maximum atomic E-state index is 14.0. The molecule has 17 nitrogen and oxygen atoms in total. The number of nitrogens with one attached hydrogen (secondary N) is 5. The second-order valence-corrected chi connectivity index (χ2v) is 16.2. The molecule has 17 heteroatoms. The van der Waals surface area contributed by atoms with Crippen molar-refractivity contribution in [1.82, 2.24) is 16.0 Å². The molecular formula is C49H48N8O9. The number of carbonyl (C=O) groups excluding carboxylic acids is 5. The maximum absolute atomic E-state index is 14.0. The van der Waals surface area contributed by atoms with Crippen LogP contribution >= 0.6 is 0 Å². The summed E-state index contributed by atoms with van der Waals surface area (Å²) in [6.45, 7) is -0.0328. The molecular weight excluding hydrogens is 845 g/mol. The van der Waals surface area contributed by atoms with Gasteiger partial charge in [0.2, 0.25) is 17.7 Å². The van der Waals surface area contributed by atoms with Crippen molar-refractivity contribution in [2.24, 2.45) is 4.99 Å². The number of hydrogen-bond acceptors (Lipinski definition) is 12. The second kappa shape index (κ2) is 18.7. The van der Waals surface area contributed by atoms with Gasteiger partial charge in [0.1, 0.15) is 13.2 Å². The fourth-order valence-corrected chi connectivity index (χ4v) is 8.77. The maximum Gasteiger partial charge on any atom is 0.261 e. The van der Waals surface area contributed by atoms with Crippen LogP contribution in [0.4, 0.5) is 28.4 Å². The van der Waals surface area contributed by atoms with Crippen molar-refractivity contribution in [1.29, 1.82) is 0 Å². The molecule has 338 valence electrons. The predicted molar refractivity (Wildman–Crippen MR) is 248 cm³/mol. The fourth-order valence-electron chi connectivity index (χ4n) is 8.77. The summed E-state index contributed by atoms with van der Waals surface area (Å²) >= 11 is 0. The Morgan fingerprint density at radius 1 is 0.682 bits per heavy atom. The Labute approximate surface area is 380 Å². The van der Waals surface area contributed by atoms with E-state index < -0.39 is 11.8 Å². The van der Waals surface area contributed by atoms with E-state index in [9.17, 15) is 24.0 Å². The van der Waals surface area contributed by atoms with E-state index in [0.29, 0.717) is 75.3 Å². The molecule has 66 heavy (non-hydrogen) atoms. The lowest BCUT2D eigenvalue weighted by Crippen LogP contribution is -2.42. The summed E-state index contributed by atoms with van der Waals surface area (Å²) < 4.78 is 24.2. The Balaban J connectivity index is 0.949. The van der Waals surface area contributed by atoms with Crippen molar-refractivity contribution in [3.05, 3.63) is 124 Å². The van der Waals surface area contributed by atoms with Crippen LogP contribution in [0.3, 0.4) is 0 Å². The number of fused-ring (bicyclic) bond motifs is 8. The standard InChI is InChI=1S/C49H48N8O9/c1-50-23-45(58)53-24-46(59)54-25-47(60)55-32-13-28(26-65-43-19-37-35(17-41(43)63-2)48(61)56-33(21-51-37)15-30-8-4-6-10-39(30)56)12-29(14-32)27-66-44-20-38-36(18-42(44)64-3)49(62)57-34(22-52-38)16-31-9-5-7-11-40(31)57/h4-14,17-21,33-34,50,52H,15-16,22-27H2,1-3H3,(H,53,58)(H,54,59)(H,55,60)/t33?,34-/m0/s1. The van der Waals surface area contributed by atoms with Gasteiger partial charge in [-0.15, -0.1) is 0 Å². The van der Waals surface area contributed by atoms with Crippen molar-refractivity contribution >= 4 is 64.2 Å². The number of hydrogen-bond donors (Lipinski definition) is 5. The Bertz CT molecular complexity index is 2790. The van der Waals surface area contributed by atoms with Gasteiger partial charge in [-0.1, -0.05) is 36.4 Å². The number of rotatable bonds is 15. The van der Waals surface area contributed by atoms with Gasteiger partial charge in [-0.2, -0.15) is 0 Å². The lowest BCUT2D eigenvalue weighted by atomic mass is 10.1. The minimum absolute atomic E-state index is 0.00366. The molecule has 5 amide bonds. The van der Waals surface area contributed by atoms with Crippen LogP contribution in [-0.4, -0.2) is 95.3 Å². The number of methoxy groups -OCH3 is 2. The van der Waals surface area contributed by atoms with Crippen LogP contribution in [0, 0.1) is 0 Å². The van der Waals surface area contributed by atoms with Crippen LogP contribution in [0.5, 0.6) is 23.0 Å². The van der Waals surface area contributed by atoms with E-state index in [2.05, 4.69) is 26.6 Å². The van der Waals surface area contributed by atoms with Gasteiger partial charge < -0.3 is 50.4 Å². The first-order chi connectivity index (χ1) is 32.1. The van der Waals surface area contributed by atoms with Gasteiger partial charge >= 0.3 is 0 Å². The molecule has 4 heterocycles. The highest BCUT2D eigenvalue weighted by Gasteiger charge is 2.39. The SMILES string of the molecule is CNCC(=O)NCC(=O)NCC(=O)Nc1cc(COc2cc3c(cc2OC)C(=O)N2c4ccccc4CC2C=N3)cc(COc2cc3c(cc2OC)C(=O)N2c4ccccc4C[C@H]2CN3)c1. The van der Waals surface area contributed by atoms with Crippen molar-refractivity contribution in [3.63, 3.8) is 0 Å². The molecule has 2 atom stereocenters. The Hall–Kier alpha value is -7.92. The Morgan fingerprint density at radius 3 is 1.95 bits per heavy atom. The Morgan fingerprint density at radius 2 is 1.27 bits per heavy atom. The molecule has 0 saturated carbocycles. The first-order valence-corrected chi connectivity index (χ1v) is 21.5. The zero-order chi connectivity index (χ0) is 45.9. The molecule has 5 N–H and O–H groups in total. The van der Waals surface area contributed by atoms with Crippen molar-refractivity contribution in [2.75, 3.05) is 67.9 Å². The molecule has 0 saturated heterocycles. The molecule has 4 aliphatic heterocycles. The van der Waals surface area contributed by atoms with Gasteiger partial charge in [-0.3, -0.25) is 33.9 Å². The van der Waals surface area contributed by atoms with E-state index in [0.717, 1.165) is 28.9 Å². The molecule has 1 unspecified atom stereocenters. The first kappa shape index (κ1) is 43.3. The largest absolute Gasteiger partial charge is 0.493 e. The number of likely N-dealkylation sites (N-methyl/N-ethyl adjacent to an activating group) is 1. The quantitative estimate of drug-likeness (QED) is 0.0989. The summed E-state index contributed by atoms with van der Waals surface area (Å²) in [5, 5.41) is 14.0. The van der Waals surface area contributed by atoms with Crippen LogP contribution in [0.15, 0.2) is 96.0 Å². The van der Waals surface area contributed by atoms with Gasteiger partial charge in [0.15, 0.2) is 23.0 Å². The smallest absolute Gasteiger partial charge is 0.261 e. The zero-order valence-corrected chi connectivity index (χ0v) is 36.6. The van der Waals surface area contributed by atoms with E-state index in [-0.39, 0.29) is 62.7 Å². The minimum Gasteiger partial charge on any atom is -0.493 e. The Kier molecular flexibility index (Phi) is 12.3. The molecule has 0 aromatic heterocycles. The number of para-hydroxylation sites is 2. The summed E-state index contributed by atoms with van der Waals surface area (Å²) in [5.74, 6) is -0.291. The third-order valence-electron chi connectivity index (χ3n) is 11.8. The number of nitrogens with zero attached hydrogens (tertiary/aromatic N) is 3. The molecule has 4 aliphatic rings. The van der Waals surface area contributed by atoms with E-state index in [1.165, 1.54) is 14.2 Å². The van der Waals surface area contributed by atoms with E-state index >= 15 is 0 Å². The normalized spacial score (nSPS) is 16.2. The number of anilines is 4. The topological polar surface area (TPSA) is 201 Å². The van der Waals surface area contributed by atoms with Crippen molar-refractivity contribution in [2.45, 2.75) is 38.1 Å². The third kappa shape index (κ3) is 8.80. The predicted octanol–water partition coefficient (Wildman–Crippen LogP) is 4.54. The van der Waals surface area contributed by atoms with Gasteiger partial charge in [-0.25, -0.2) is 0 Å². The molecule has 9 rings (SSSR count). The molecule has 0 radical (unpaired) electrons. The summed E-state index contributed by atoms with van der Waals surface area (Å²) in [6, 6.07) is 27.6. The summed E-state index contributed by atoms with van der Waals surface area (Å²) in [6.07, 6.45) is 3.19. The van der Waals surface area contributed by atoms with Gasteiger partial charge in [0.25, 0.3) is 11.8 Å². The van der Waals surface area contributed by atoms with E-state index in [1.807, 2.05) is 59.5 Å². The fraction of sp³-hybridized carbons (Fsp3) is 0.265. The average molecular weight is 893 g/mol.